The minimum atomic E-state index is -0.177. The largest absolute Gasteiger partial charge is 0.489 e. The molecule has 32 heavy (non-hydrogen) atoms. The van der Waals surface area contributed by atoms with E-state index in [1.807, 2.05) is 38.1 Å². The minimum absolute atomic E-state index is 0.0546. The van der Waals surface area contributed by atoms with E-state index in [9.17, 15) is 9.90 Å². The topological polar surface area (TPSA) is 94.7 Å². The molecule has 7 nitrogen and oxygen atoms in total. The van der Waals surface area contributed by atoms with E-state index in [2.05, 4.69) is 9.97 Å². The van der Waals surface area contributed by atoms with E-state index < -0.39 is 0 Å². The normalized spacial score (nSPS) is 11.1. The molecule has 0 saturated carbocycles. The van der Waals surface area contributed by atoms with Crippen LogP contribution in [0.3, 0.4) is 0 Å². The van der Waals surface area contributed by atoms with Crippen molar-refractivity contribution in [2.45, 2.75) is 39.6 Å². The van der Waals surface area contributed by atoms with Crippen molar-refractivity contribution in [2.24, 2.45) is 0 Å². The van der Waals surface area contributed by atoms with E-state index in [1.54, 1.807) is 24.5 Å². The van der Waals surface area contributed by atoms with Gasteiger partial charge in [-0.1, -0.05) is 38.1 Å². The maximum atomic E-state index is 12.9. The lowest BCUT2D eigenvalue weighted by molar-refractivity contribution is 0.268. The molecule has 0 bridgehead atoms. The van der Waals surface area contributed by atoms with Gasteiger partial charge in [-0.2, -0.15) is 0 Å². The average Bonchev–Trinajstić information content (AvgIpc) is 2.81. The Labute approximate surface area is 185 Å². The fraction of sp³-hybridized carbons (Fsp3) is 0.240. The summed E-state index contributed by atoms with van der Waals surface area (Å²) < 4.78 is 18.0. The summed E-state index contributed by atoms with van der Waals surface area (Å²) >= 11 is 0. The van der Waals surface area contributed by atoms with Crippen molar-refractivity contribution in [1.29, 1.82) is 0 Å². The standard InChI is InChI=1S/C25H24N2O5/c1-16(2)22-9-21(29)25-23(31-14-19-6-4-3-5-18(19)12-28)7-20(8-24(25)32-22)30-13-17-10-26-15-27-11-17/h3-11,15-16,28H,12-14H2,1-2H3. The van der Waals surface area contributed by atoms with Crippen LogP contribution in [-0.2, 0) is 19.8 Å². The van der Waals surface area contributed by atoms with Crippen LogP contribution in [0.4, 0.5) is 0 Å². The van der Waals surface area contributed by atoms with Gasteiger partial charge in [-0.05, 0) is 11.1 Å². The van der Waals surface area contributed by atoms with Gasteiger partial charge in [0.1, 0.15) is 47.8 Å². The first-order valence-electron chi connectivity index (χ1n) is 10.3. The van der Waals surface area contributed by atoms with E-state index in [1.165, 1.54) is 12.4 Å². The molecular formula is C25H24N2O5. The van der Waals surface area contributed by atoms with Crippen molar-refractivity contribution in [3.05, 3.63) is 93.9 Å². The number of rotatable bonds is 8. The monoisotopic (exact) mass is 432 g/mol. The maximum absolute atomic E-state index is 12.9. The first-order valence-corrected chi connectivity index (χ1v) is 10.3. The fourth-order valence-electron chi connectivity index (χ4n) is 3.31. The molecule has 2 heterocycles. The van der Waals surface area contributed by atoms with Gasteiger partial charge in [-0.3, -0.25) is 4.79 Å². The van der Waals surface area contributed by atoms with Gasteiger partial charge in [0.05, 0.1) is 6.61 Å². The quantitative estimate of drug-likeness (QED) is 0.442. The van der Waals surface area contributed by atoms with Gasteiger partial charge in [0.15, 0.2) is 5.43 Å². The third kappa shape index (κ3) is 4.78. The summed E-state index contributed by atoms with van der Waals surface area (Å²) in [6.45, 7) is 4.27. The fourth-order valence-corrected chi connectivity index (χ4v) is 3.31. The number of fused-ring (bicyclic) bond motifs is 1. The third-order valence-electron chi connectivity index (χ3n) is 5.05. The van der Waals surface area contributed by atoms with Crippen molar-refractivity contribution in [2.75, 3.05) is 0 Å². The lowest BCUT2D eigenvalue weighted by Crippen LogP contribution is -2.08. The molecule has 2 aromatic heterocycles. The molecule has 0 amide bonds. The van der Waals surface area contributed by atoms with E-state index >= 15 is 0 Å². The van der Waals surface area contributed by atoms with Crippen LogP contribution in [0, 0.1) is 0 Å². The Morgan fingerprint density at radius 2 is 1.75 bits per heavy atom. The number of ether oxygens (including phenoxy) is 2. The number of aliphatic hydroxyl groups excluding tert-OH is 1. The molecule has 0 radical (unpaired) electrons. The first kappa shape index (κ1) is 21.5. The highest BCUT2D eigenvalue weighted by Crippen LogP contribution is 2.32. The molecular weight excluding hydrogens is 408 g/mol. The molecule has 164 valence electrons. The van der Waals surface area contributed by atoms with Gasteiger partial charge in [-0.25, -0.2) is 9.97 Å². The van der Waals surface area contributed by atoms with Crippen molar-refractivity contribution in [1.82, 2.24) is 9.97 Å². The highest BCUT2D eigenvalue weighted by atomic mass is 16.5. The van der Waals surface area contributed by atoms with Gasteiger partial charge >= 0.3 is 0 Å². The van der Waals surface area contributed by atoms with Crippen LogP contribution in [0.5, 0.6) is 11.5 Å². The molecule has 0 aliphatic carbocycles. The Bertz CT molecular complexity index is 1270. The Kier molecular flexibility index (Phi) is 6.47. The molecule has 0 saturated heterocycles. The molecule has 1 N–H and O–H groups in total. The highest BCUT2D eigenvalue weighted by molar-refractivity contribution is 5.85. The molecule has 0 aliphatic rings. The summed E-state index contributed by atoms with van der Waals surface area (Å²) in [5.74, 6) is 1.50. The summed E-state index contributed by atoms with van der Waals surface area (Å²) in [6, 6.07) is 12.3. The molecule has 4 aromatic rings. The Morgan fingerprint density at radius 3 is 2.47 bits per heavy atom. The lowest BCUT2D eigenvalue weighted by Gasteiger charge is -2.14. The van der Waals surface area contributed by atoms with Crippen LogP contribution in [-0.4, -0.2) is 15.1 Å². The maximum Gasteiger partial charge on any atom is 0.196 e. The van der Waals surface area contributed by atoms with Gasteiger partial charge in [0.25, 0.3) is 0 Å². The van der Waals surface area contributed by atoms with Crippen LogP contribution in [0.2, 0.25) is 0 Å². The zero-order chi connectivity index (χ0) is 22.5. The van der Waals surface area contributed by atoms with Gasteiger partial charge in [0.2, 0.25) is 0 Å². The van der Waals surface area contributed by atoms with Gasteiger partial charge < -0.3 is 19.0 Å². The predicted octanol–water partition coefficient (Wildman–Crippen LogP) is 4.36. The van der Waals surface area contributed by atoms with Crippen molar-refractivity contribution < 1.29 is 19.0 Å². The minimum Gasteiger partial charge on any atom is -0.489 e. The van der Waals surface area contributed by atoms with Crippen LogP contribution in [0.15, 0.2) is 70.4 Å². The zero-order valence-electron chi connectivity index (χ0n) is 17.9. The molecule has 0 spiro atoms. The molecule has 0 aliphatic heterocycles. The SMILES string of the molecule is CC(C)c1cc(=O)c2c(OCc3ccccc3CO)cc(OCc3cncnc3)cc2o1. The van der Waals surface area contributed by atoms with Crippen LogP contribution in [0.25, 0.3) is 11.0 Å². The number of aliphatic hydroxyl groups is 1. The number of benzene rings is 2. The Hall–Kier alpha value is -3.71. The molecule has 0 unspecified atom stereocenters. The molecule has 0 atom stereocenters. The molecule has 0 fully saturated rings. The second kappa shape index (κ2) is 9.62. The highest BCUT2D eigenvalue weighted by Gasteiger charge is 2.16. The van der Waals surface area contributed by atoms with Crippen LogP contribution >= 0.6 is 0 Å². The van der Waals surface area contributed by atoms with Crippen molar-refractivity contribution in [3.63, 3.8) is 0 Å². The molecule has 7 heteroatoms. The second-order valence-electron chi connectivity index (χ2n) is 7.71. The number of aromatic nitrogens is 2. The lowest BCUT2D eigenvalue weighted by atomic mass is 10.1. The van der Waals surface area contributed by atoms with E-state index in [0.29, 0.717) is 28.2 Å². The predicted molar refractivity (Wildman–Crippen MR) is 120 cm³/mol. The van der Waals surface area contributed by atoms with E-state index in [4.69, 9.17) is 13.9 Å². The van der Waals surface area contributed by atoms with Crippen LogP contribution < -0.4 is 14.9 Å². The Morgan fingerprint density at radius 1 is 1.00 bits per heavy atom. The zero-order valence-corrected chi connectivity index (χ0v) is 17.9. The van der Waals surface area contributed by atoms with Gasteiger partial charge in [0, 0.05) is 42.1 Å². The van der Waals surface area contributed by atoms with Crippen molar-refractivity contribution >= 4 is 11.0 Å². The third-order valence-corrected chi connectivity index (χ3v) is 5.05. The van der Waals surface area contributed by atoms with Gasteiger partial charge in [-0.15, -0.1) is 0 Å². The summed E-state index contributed by atoms with van der Waals surface area (Å²) in [5, 5.41) is 9.94. The van der Waals surface area contributed by atoms with E-state index in [-0.39, 0.29) is 31.2 Å². The van der Waals surface area contributed by atoms with Crippen LogP contribution in [0.1, 0.15) is 42.2 Å². The summed E-state index contributed by atoms with van der Waals surface area (Å²) in [5.41, 5.74) is 2.63. The summed E-state index contributed by atoms with van der Waals surface area (Å²) in [7, 11) is 0. The summed E-state index contributed by atoms with van der Waals surface area (Å²) in [4.78, 5) is 20.9. The second-order valence-corrected chi connectivity index (χ2v) is 7.71. The Balaban J connectivity index is 1.71. The average molecular weight is 432 g/mol. The summed E-state index contributed by atoms with van der Waals surface area (Å²) in [6.07, 6.45) is 4.81. The molecule has 4 rings (SSSR count). The number of nitrogens with zero attached hydrogens (tertiary/aromatic N) is 2. The van der Waals surface area contributed by atoms with Crippen molar-refractivity contribution in [3.8, 4) is 11.5 Å². The number of hydrogen-bond donors (Lipinski definition) is 1. The van der Waals surface area contributed by atoms with E-state index in [0.717, 1.165) is 16.7 Å². The molecule has 2 aromatic carbocycles. The smallest absolute Gasteiger partial charge is 0.196 e. The number of hydrogen-bond acceptors (Lipinski definition) is 7. The first-order chi connectivity index (χ1) is 15.5.